The number of hydrogen-bond donors (Lipinski definition) is 2. The normalized spacial score (nSPS) is 20.5. The van der Waals surface area contributed by atoms with Crippen molar-refractivity contribution < 1.29 is 0 Å². The van der Waals surface area contributed by atoms with Crippen LogP contribution in [0.15, 0.2) is 18.5 Å². The Morgan fingerprint density at radius 3 is 3.27 bits per heavy atom. The van der Waals surface area contributed by atoms with E-state index >= 15 is 0 Å². The SMILES string of the molecule is Clc1cnccc1NCC[C@H]1CCCN1. The first-order valence-electron chi connectivity index (χ1n) is 5.43. The van der Waals surface area contributed by atoms with Crippen molar-refractivity contribution in [3.8, 4) is 0 Å². The highest BCUT2D eigenvalue weighted by Gasteiger charge is 2.12. The minimum Gasteiger partial charge on any atom is -0.384 e. The zero-order valence-corrected chi connectivity index (χ0v) is 9.43. The van der Waals surface area contributed by atoms with E-state index in [0.717, 1.165) is 18.7 Å². The minimum atomic E-state index is 0.679. The minimum absolute atomic E-state index is 0.679. The highest BCUT2D eigenvalue weighted by molar-refractivity contribution is 6.33. The Bertz CT molecular complexity index is 310. The summed E-state index contributed by atoms with van der Waals surface area (Å²) >= 11 is 5.98. The molecule has 0 radical (unpaired) electrons. The van der Waals surface area contributed by atoms with Crippen LogP contribution in [0.25, 0.3) is 0 Å². The van der Waals surface area contributed by atoms with Crippen LogP contribution in [0, 0.1) is 0 Å². The average molecular weight is 226 g/mol. The molecule has 0 spiro atoms. The molecule has 1 aliphatic rings. The Hall–Kier alpha value is -0.800. The van der Waals surface area contributed by atoms with Gasteiger partial charge in [0.05, 0.1) is 10.7 Å². The van der Waals surface area contributed by atoms with Gasteiger partial charge in [0.2, 0.25) is 0 Å². The van der Waals surface area contributed by atoms with Crippen molar-refractivity contribution in [1.82, 2.24) is 10.3 Å². The largest absolute Gasteiger partial charge is 0.384 e. The lowest BCUT2D eigenvalue weighted by Crippen LogP contribution is -2.24. The van der Waals surface area contributed by atoms with Crippen molar-refractivity contribution >= 4 is 17.3 Å². The summed E-state index contributed by atoms with van der Waals surface area (Å²) in [4.78, 5) is 3.95. The van der Waals surface area contributed by atoms with Gasteiger partial charge >= 0.3 is 0 Å². The molecular formula is C11H16ClN3. The third-order valence-corrected chi connectivity index (χ3v) is 3.04. The first kappa shape index (κ1) is 10.7. The summed E-state index contributed by atoms with van der Waals surface area (Å²) < 4.78 is 0. The van der Waals surface area contributed by atoms with Gasteiger partial charge in [-0.15, -0.1) is 0 Å². The summed E-state index contributed by atoms with van der Waals surface area (Å²) in [6.45, 7) is 2.13. The molecule has 1 aromatic rings. The van der Waals surface area contributed by atoms with Gasteiger partial charge in [-0.25, -0.2) is 0 Å². The predicted octanol–water partition coefficient (Wildman–Crippen LogP) is 2.29. The van der Waals surface area contributed by atoms with Crippen LogP contribution in [-0.2, 0) is 0 Å². The number of hydrogen-bond acceptors (Lipinski definition) is 3. The molecule has 0 aliphatic carbocycles. The maximum absolute atomic E-state index is 5.98. The van der Waals surface area contributed by atoms with E-state index in [2.05, 4.69) is 15.6 Å². The van der Waals surface area contributed by atoms with E-state index < -0.39 is 0 Å². The summed E-state index contributed by atoms with van der Waals surface area (Å²) in [5.74, 6) is 0. The fraction of sp³-hybridized carbons (Fsp3) is 0.545. The van der Waals surface area contributed by atoms with Gasteiger partial charge in [-0.2, -0.15) is 0 Å². The van der Waals surface area contributed by atoms with Gasteiger partial charge in [0.15, 0.2) is 0 Å². The standard InChI is InChI=1S/C11H16ClN3/c12-10-8-13-6-4-11(10)15-7-3-9-2-1-5-14-9/h4,6,8-9,14H,1-3,5,7H2,(H,13,15)/t9-/m1/s1. The van der Waals surface area contributed by atoms with Crippen LogP contribution < -0.4 is 10.6 Å². The number of nitrogens with zero attached hydrogens (tertiary/aromatic N) is 1. The monoisotopic (exact) mass is 225 g/mol. The van der Waals surface area contributed by atoms with Crippen LogP contribution in [0.3, 0.4) is 0 Å². The molecule has 4 heteroatoms. The van der Waals surface area contributed by atoms with Crippen LogP contribution in [0.4, 0.5) is 5.69 Å². The van der Waals surface area contributed by atoms with Gasteiger partial charge in [-0.3, -0.25) is 4.98 Å². The van der Waals surface area contributed by atoms with Gasteiger partial charge in [-0.1, -0.05) is 11.6 Å². The molecule has 82 valence electrons. The smallest absolute Gasteiger partial charge is 0.0820 e. The molecule has 1 aromatic heterocycles. The number of halogens is 1. The van der Waals surface area contributed by atoms with E-state index in [1.54, 1.807) is 12.4 Å². The average Bonchev–Trinajstić information content (AvgIpc) is 2.74. The second kappa shape index (κ2) is 5.33. The summed E-state index contributed by atoms with van der Waals surface area (Å²) in [7, 11) is 0. The summed E-state index contributed by atoms with van der Waals surface area (Å²) in [6, 6.07) is 2.59. The molecule has 2 N–H and O–H groups in total. The molecule has 3 nitrogen and oxygen atoms in total. The topological polar surface area (TPSA) is 37.0 Å². The van der Waals surface area contributed by atoms with Gasteiger partial charge < -0.3 is 10.6 Å². The molecule has 1 atom stereocenters. The molecule has 2 rings (SSSR count). The lowest BCUT2D eigenvalue weighted by Gasteiger charge is -2.12. The van der Waals surface area contributed by atoms with Gasteiger partial charge in [0.1, 0.15) is 0 Å². The maximum Gasteiger partial charge on any atom is 0.0820 e. The van der Waals surface area contributed by atoms with E-state index in [1.165, 1.54) is 19.4 Å². The number of rotatable bonds is 4. The highest BCUT2D eigenvalue weighted by Crippen LogP contribution is 2.19. The molecule has 0 amide bonds. The summed E-state index contributed by atoms with van der Waals surface area (Å²) in [5, 5.41) is 7.49. The molecule has 1 fully saturated rings. The Morgan fingerprint density at radius 1 is 1.60 bits per heavy atom. The van der Waals surface area contributed by atoms with E-state index in [1.807, 2.05) is 6.07 Å². The Balaban J connectivity index is 1.75. The van der Waals surface area contributed by atoms with Gasteiger partial charge in [0, 0.05) is 25.0 Å². The quantitative estimate of drug-likeness (QED) is 0.826. The van der Waals surface area contributed by atoms with Crippen molar-refractivity contribution in [2.24, 2.45) is 0 Å². The molecule has 2 heterocycles. The van der Waals surface area contributed by atoms with E-state index in [-0.39, 0.29) is 0 Å². The molecule has 0 saturated carbocycles. The van der Waals surface area contributed by atoms with Crippen molar-refractivity contribution in [2.75, 3.05) is 18.4 Å². The van der Waals surface area contributed by atoms with E-state index in [0.29, 0.717) is 11.1 Å². The second-order valence-corrected chi connectivity index (χ2v) is 4.27. The van der Waals surface area contributed by atoms with Crippen molar-refractivity contribution in [3.05, 3.63) is 23.5 Å². The fourth-order valence-corrected chi connectivity index (χ4v) is 2.09. The molecule has 15 heavy (non-hydrogen) atoms. The number of aromatic nitrogens is 1. The predicted molar refractivity (Wildman–Crippen MR) is 63.4 cm³/mol. The lowest BCUT2D eigenvalue weighted by atomic mass is 10.1. The molecular weight excluding hydrogens is 210 g/mol. The molecule has 0 aromatic carbocycles. The third kappa shape index (κ3) is 3.08. The summed E-state index contributed by atoms with van der Waals surface area (Å²) in [6.07, 6.45) is 7.17. The second-order valence-electron chi connectivity index (χ2n) is 3.86. The van der Waals surface area contributed by atoms with Crippen molar-refractivity contribution in [2.45, 2.75) is 25.3 Å². The number of anilines is 1. The van der Waals surface area contributed by atoms with E-state index in [9.17, 15) is 0 Å². The summed E-state index contributed by atoms with van der Waals surface area (Å²) in [5.41, 5.74) is 0.977. The van der Waals surface area contributed by atoms with Crippen LogP contribution in [0.5, 0.6) is 0 Å². The molecule has 1 aliphatic heterocycles. The van der Waals surface area contributed by atoms with Crippen LogP contribution in [0.2, 0.25) is 5.02 Å². The Kier molecular flexibility index (Phi) is 3.80. The highest BCUT2D eigenvalue weighted by atomic mass is 35.5. The van der Waals surface area contributed by atoms with Crippen LogP contribution in [0.1, 0.15) is 19.3 Å². The Morgan fingerprint density at radius 2 is 2.53 bits per heavy atom. The first-order chi connectivity index (χ1) is 7.36. The fourth-order valence-electron chi connectivity index (χ4n) is 1.90. The molecule has 1 saturated heterocycles. The van der Waals surface area contributed by atoms with E-state index in [4.69, 9.17) is 11.6 Å². The first-order valence-corrected chi connectivity index (χ1v) is 5.81. The third-order valence-electron chi connectivity index (χ3n) is 2.74. The number of nitrogens with one attached hydrogen (secondary N) is 2. The zero-order chi connectivity index (χ0) is 10.5. The van der Waals surface area contributed by atoms with Gasteiger partial charge in [0.25, 0.3) is 0 Å². The van der Waals surface area contributed by atoms with Gasteiger partial charge in [-0.05, 0) is 31.9 Å². The zero-order valence-electron chi connectivity index (χ0n) is 8.67. The Labute approximate surface area is 95.2 Å². The maximum atomic E-state index is 5.98. The van der Waals surface area contributed by atoms with Crippen molar-refractivity contribution in [1.29, 1.82) is 0 Å². The van der Waals surface area contributed by atoms with Crippen LogP contribution in [-0.4, -0.2) is 24.1 Å². The van der Waals surface area contributed by atoms with Crippen LogP contribution >= 0.6 is 11.6 Å². The molecule has 0 unspecified atom stereocenters. The molecule has 0 bridgehead atoms. The number of pyridine rings is 1. The lowest BCUT2D eigenvalue weighted by molar-refractivity contribution is 0.574. The van der Waals surface area contributed by atoms with Crippen molar-refractivity contribution in [3.63, 3.8) is 0 Å².